The summed E-state index contributed by atoms with van der Waals surface area (Å²) in [6.45, 7) is 4.84. The highest BCUT2D eigenvalue weighted by Crippen LogP contribution is 2.35. The molecule has 19 heavy (non-hydrogen) atoms. The van der Waals surface area contributed by atoms with Gasteiger partial charge in [0.05, 0.1) is 6.07 Å². The number of nitrogens with zero attached hydrogens (tertiary/aromatic N) is 2. The highest BCUT2D eigenvalue weighted by atomic mass is 16.6. The molecule has 0 saturated carbocycles. The van der Waals surface area contributed by atoms with Crippen molar-refractivity contribution in [2.24, 2.45) is 5.41 Å². The highest BCUT2D eigenvalue weighted by molar-refractivity contribution is 5.69. The second-order valence-corrected chi connectivity index (χ2v) is 5.50. The summed E-state index contributed by atoms with van der Waals surface area (Å²) in [6.07, 6.45) is 0.423. The second kappa shape index (κ2) is 5.31. The molecule has 1 aromatic rings. The summed E-state index contributed by atoms with van der Waals surface area (Å²) in [5.41, 5.74) is 0.781. The zero-order valence-electron chi connectivity index (χ0n) is 11.3. The van der Waals surface area contributed by atoms with Crippen LogP contribution in [0.3, 0.4) is 0 Å². The summed E-state index contributed by atoms with van der Waals surface area (Å²) in [5, 5.41) is 9.21. The third-order valence-electron chi connectivity index (χ3n) is 3.61. The molecular weight excluding hydrogens is 240 g/mol. The van der Waals surface area contributed by atoms with Gasteiger partial charge in [-0.25, -0.2) is 4.79 Å². The zero-order chi connectivity index (χ0) is 13.9. The number of nitriles is 1. The predicted molar refractivity (Wildman–Crippen MR) is 71.1 cm³/mol. The van der Waals surface area contributed by atoms with Gasteiger partial charge < -0.3 is 4.74 Å². The average Bonchev–Trinajstić information content (AvgIpc) is 2.72. The van der Waals surface area contributed by atoms with E-state index in [1.807, 2.05) is 44.2 Å². The van der Waals surface area contributed by atoms with Crippen molar-refractivity contribution in [3.63, 3.8) is 0 Å². The van der Waals surface area contributed by atoms with Crippen molar-refractivity contribution in [1.82, 2.24) is 4.90 Å². The monoisotopic (exact) mass is 258 g/mol. The first-order valence-corrected chi connectivity index (χ1v) is 6.41. The van der Waals surface area contributed by atoms with Gasteiger partial charge in [-0.05, 0) is 12.0 Å². The van der Waals surface area contributed by atoms with E-state index >= 15 is 0 Å². The Morgan fingerprint density at radius 3 is 2.79 bits per heavy atom. The maximum Gasteiger partial charge on any atom is 0.411 e. The van der Waals surface area contributed by atoms with E-state index in [1.165, 1.54) is 4.90 Å². The van der Waals surface area contributed by atoms with Gasteiger partial charge in [-0.2, -0.15) is 5.26 Å². The van der Waals surface area contributed by atoms with E-state index in [4.69, 9.17) is 4.74 Å². The highest BCUT2D eigenvalue weighted by Gasteiger charge is 2.43. The third-order valence-corrected chi connectivity index (χ3v) is 3.61. The molecule has 0 radical (unpaired) electrons. The van der Waals surface area contributed by atoms with E-state index in [-0.39, 0.29) is 12.0 Å². The van der Waals surface area contributed by atoms with E-state index in [1.54, 1.807) is 0 Å². The molecule has 4 nitrogen and oxygen atoms in total. The van der Waals surface area contributed by atoms with Crippen molar-refractivity contribution in [3.05, 3.63) is 35.9 Å². The van der Waals surface area contributed by atoms with Crippen LogP contribution in [0.1, 0.15) is 25.8 Å². The molecule has 0 aromatic heterocycles. The molecule has 1 fully saturated rings. The molecule has 1 saturated heterocycles. The fourth-order valence-corrected chi connectivity index (χ4v) is 2.34. The van der Waals surface area contributed by atoms with Gasteiger partial charge in [0, 0.05) is 12.0 Å². The second-order valence-electron chi connectivity index (χ2n) is 5.50. The molecule has 0 unspecified atom stereocenters. The fourth-order valence-electron chi connectivity index (χ4n) is 2.34. The van der Waals surface area contributed by atoms with E-state index in [9.17, 15) is 10.1 Å². The molecule has 1 aliphatic rings. The number of hydrogen-bond donors (Lipinski definition) is 0. The van der Waals surface area contributed by atoms with Gasteiger partial charge in [0.25, 0.3) is 0 Å². The largest absolute Gasteiger partial charge is 0.445 e. The van der Waals surface area contributed by atoms with E-state index in [2.05, 4.69) is 6.07 Å². The number of benzene rings is 1. The van der Waals surface area contributed by atoms with Crippen LogP contribution in [-0.4, -0.2) is 23.6 Å². The Morgan fingerprint density at radius 2 is 2.16 bits per heavy atom. The average molecular weight is 258 g/mol. The molecule has 0 aliphatic carbocycles. The number of rotatable bonds is 2. The molecule has 4 heteroatoms. The molecular formula is C15H18N2O2. The maximum atomic E-state index is 12.0. The zero-order valence-corrected chi connectivity index (χ0v) is 11.3. The van der Waals surface area contributed by atoms with Crippen molar-refractivity contribution in [1.29, 1.82) is 5.26 Å². The third kappa shape index (κ3) is 2.87. The van der Waals surface area contributed by atoms with Crippen LogP contribution < -0.4 is 0 Å². The van der Waals surface area contributed by atoms with Crippen LogP contribution in [0.15, 0.2) is 30.3 Å². The quantitative estimate of drug-likeness (QED) is 0.819. The standard InChI is InChI=1S/C15H18N2O2/c1-15(2)8-9-17(13(15)10-16)14(18)19-11-12-6-4-3-5-7-12/h3-7,13H,8-9,11H2,1-2H3/t13-/m0/s1. The topological polar surface area (TPSA) is 53.3 Å². The van der Waals surface area contributed by atoms with Crippen molar-refractivity contribution in [2.75, 3.05) is 6.54 Å². The smallest absolute Gasteiger partial charge is 0.411 e. The van der Waals surface area contributed by atoms with E-state index < -0.39 is 12.1 Å². The first-order valence-electron chi connectivity index (χ1n) is 6.41. The minimum atomic E-state index is -0.407. The lowest BCUT2D eigenvalue weighted by Gasteiger charge is -2.26. The lowest BCUT2D eigenvalue weighted by atomic mass is 9.86. The Balaban J connectivity index is 1.96. The lowest BCUT2D eigenvalue weighted by Crippen LogP contribution is -2.39. The number of likely N-dealkylation sites (tertiary alicyclic amines) is 1. The summed E-state index contributed by atoms with van der Waals surface area (Å²) in [7, 11) is 0. The maximum absolute atomic E-state index is 12.0. The fraction of sp³-hybridized carbons (Fsp3) is 0.467. The molecule has 0 N–H and O–H groups in total. The Bertz CT molecular complexity index is 491. The molecule has 1 atom stereocenters. The van der Waals surface area contributed by atoms with Crippen LogP contribution in [0.25, 0.3) is 0 Å². The molecule has 0 spiro atoms. The van der Waals surface area contributed by atoms with Gasteiger partial charge in [-0.1, -0.05) is 44.2 Å². The number of amides is 1. The van der Waals surface area contributed by atoms with Crippen LogP contribution in [0, 0.1) is 16.7 Å². The van der Waals surface area contributed by atoms with Gasteiger partial charge in [0.2, 0.25) is 0 Å². The summed E-state index contributed by atoms with van der Waals surface area (Å²) in [5.74, 6) is 0. The molecule has 2 rings (SSSR count). The summed E-state index contributed by atoms with van der Waals surface area (Å²) >= 11 is 0. The molecule has 100 valence electrons. The van der Waals surface area contributed by atoms with Gasteiger partial charge >= 0.3 is 6.09 Å². The Kier molecular flexibility index (Phi) is 3.75. The molecule has 1 aromatic carbocycles. The van der Waals surface area contributed by atoms with Gasteiger partial charge in [-0.3, -0.25) is 4.90 Å². The van der Waals surface area contributed by atoms with Crippen LogP contribution in [0.2, 0.25) is 0 Å². The summed E-state index contributed by atoms with van der Waals surface area (Å²) in [6, 6.07) is 11.3. The predicted octanol–water partition coefficient (Wildman–Crippen LogP) is 2.95. The Labute approximate surface area is 113 Å². The van der Waals surface area contributed by atoms with Crippen molar-refractivity contribution in [2.45, 2.75) is 32.9 Å². The van der Waals surface area contributed by atoms with Crippen molar-refractivity contribution in [3.8, 4) is 6.07 Å². The minimum Gasteiger partial charge on any atom is -0.445 e. The van der Waals surface area contributed by atoms with Crippen molar-refractivity contribution < 1.29 is 9.53 Å². The molecule has 1 amide bonds. The number of carbonyl (C=O) groups is 1. The van der Waals surface area contributed by atoms with Crippen LogP contribution in [0.4, 0.5) is 4.79 Å². The lowest BCUT2D eigenvalue weighted by molar-refractivity contribution is 0.0918. The van der Waals surface area contributed by atoms with Crippen LogP contribution in [0.5, 0.6) is 0 Å². The molecule has 0 bridgehead atoms. The summed E-state index contributed by atoms with van der Waals surface area (Å²) < 4.78 is 5.27. The molecule has 1 heterocycles. The van der Waals surface area contributed by atoms with Crippen LogP contribution >= 0.6 is 0 Å². The SMILES string of the molecule is CC1(C)CCN(C(=O)OCc2ccccc2)[C@H]1C#N. The van der Waals surface area contributed by atoms with E-state index in [0.29, 0.717) is 6.54 Å². The van der Waals surface area contributed by atoms with Gasteiger partial charge in [0.15, 0.2) is 0 Å². The first-order chi connectivity index (χ1) is 9.04. The number of carbonyl (C=O) groups excluding carboxylic acids is 1. The van der Waals surface area contributed by atoms with Gasteiger partial charge in [-0.15, -0.1) is 0 Å². The van der Waals surface area contributed by atoms with Crippen LogP contribution in [-0.2, 0) is 11.3 Å². The summed E-state index contributed by atoms with van der Waals surface area (Å²) in [4.78, 5) is 13.6. The first kappa shape index (κ1) is 13.4. The van der Waals surface area contributed by atoms with Crippen molar-refractivity contribution >= 4 is 6.09 Å². The molecule has 1 aliphatic heterocycles. The number of hydrogen-bond acceptors (Lipinski definition) is 3. The Hall–Kier alpha value is -2.02. The minimum absolute atomic E-state index is 0.166. The normalized spacial score (nSPS) is 20.9. The van der Waals surface area contributed by atoms with E-state index in [0.717, 1.165) is 12.0 Å². The van der Waals surface area contributed by atoms with Gasteiger partial charge in [0.1, 0.15) is 12.6 Å². The number of ether oxygens (including phenoxy) is 1. The Morgan fingerprint density at radius 1 is 1.47 bits per heavy atom.